The van der Waals surface area contributed by atoms with Crippen molar-refractivity contribution in [2.45, 2.75) is 71.1 Å². The third-order valence-electron chi connectivity index (χ3n) is 6.84. The van der Waals surface area contributed by atoms with E-state index in [9.17, 15) is 9.59 Å². The Morgan fingerprint density at radius 1 is 0.750 bits per heavy atom. The first-order valence-electron chi connectivity index (χ1n) is 15.0. The topological polar surface area (TPSA) is 82.5 Å². The molecule has 0 saturated heterocycles. The Morgan fingerprint density at radius 3 is 1.68 bits per heavy atom. The molecule has 0 radical (unpaired) electrons. The minimum Gasteiger partial charge on any atom is -0.457 e. The van der Waals surface area contributed by atoms with Gasteiger partial charge in [-0.2, -0.15) is 0 Å². The molecule has 1 heterocycles. The lowest BCUT2D eigenvalue weighted by molar-refractivity contribution is -0.149. The first-order chi connectivity index (χ1) is 20.9. The van der Waals surface area contributed by atoms with Gasteiger partial charge in [0.05, 0.1) is 12.0 Å². The molecule has 1 aromatic heterocycles. The second kappa shape index (κ2) is 13.8. The van der Waals surface area contributed by atoms with E-state index in [1.165, 1.54) is 0 Å². The van der Waals surface area contributed by atoms with Crippen LogP contribution in [0, 0.1) is 0 Å². The van der Waals surface area contributed by atoms with Crippen molar-refractivity contribution in [1.29, 1.82) is 0 Å². The second-order valence-electron chi connectivity index (χ2n) is 12.7. The van der Waals surface area contributed by atoms with E-state index >= 15 is 0 Å². The van der Waals surface area contributed by atoms with Crippen molar-refractivity contribution < 1.29 is 19.1 Å². The average molecular weight is 594 g/mol. The molecule has 0 saturated carbocycles. The molecule has 0 fully saturated rings. The van der Waals surface area contributed by atoms with Crippen molar-refractivity contribution in [3.63, 3.8) is 0 Å². The summed E-state index contributed by atoms with van der Waals surface area (Å²) in [5, 5.41) is 2.76. The smallest absolute Gasteiger partial charge is 0.407 e. The predicted octanol–water partition coefficient (Wildman–Crippen LogP) is 7.75. The number of ether oxygens (including phenoxy) is 2. The molecule has 0 aliphatic carbocycles. The number of nitrogens with one attached hydrogen (secondary N) is 1. The van der Waals surface area contributed by atoms with Crippen LogP contribution in [-0.4, -0.2) is 39.4 Å². The number of amides is 1. The van der Waals surface area contributed by atoms with Gasteiger partial charge in [0.2, 0.25) is 0 Å². The lowest BCUT2D eigenvalue weighted by Crippen LogP contribution is -2.36. The highest BCUT2D eigenvalue weighted by Crippen LogP contribution is 2.40. The minimum atomic E-state index is -0.716. The van der Waals surface area contributed by atoms with Crippen molar-refractivity contribution in [3.05, 3.63) is 131 Å². The Labute approximate surface area is 260 Å². The monoisotopic (exact) mass is 593 g/mol. The summed E-state index contributed by atoms with van der Waals surface area (Å²) in [6.45, 7) is 11.3. The summed E-state index contributed by atoms with van der Waals surface area (Å²) in [5.41, 5.74) is 2.36. The summed E-state index contributed by atoms with van der Waals surface area (Å²) in [4.78, 5) is 30.2. The molecule has 7 nitrogen and oxygen atoms in total. The van der Waals surface area contributed by atoms with Crippen LogP contribution in [0.3, 0.4) is 0 Å². The lowest BCUT2D eigenvalue weighted by Gasteiger charge is -2.37. The van der Waals surface area contributed by atoms with E-state index in [1.807, 2.05) is 109 Å². The fourth-order valence-electron chi connectivity index (χ4n) is 5.12. The van der Waals surface area contributed by atoms with Gasteiger partial charge in [-0.05, 0) is 77.2 Å². The van der Waals surface area contributed by atoms with Crippen molar-refractivity contribution >= 4 is 18.1 Å². The summed E-state index contributed by atoms with van der Waals surface area (Å²) in [6, 6.07) is 31.0. The summed E-state index contributed by atoms with van der Waals surface area (Å²) < 4.78 is 13.2. The number of hydrogen-bond donors (Lipinski definition) is 1. The minimum absolute atomic E-state index is 0.350. The maximum absolute atomic E-state index is 13.3. The van der Waals surface area contributed by atoms with Gasteiger partial charge in [0.15, 0.2) is 0 Å². The van der Waals surface area contributed by atoms with Crippen LogP contribution in [0.4, 0.5) is 4.79 Å². The zero-order valence-corrected chi connectivity index (χ0v) is 26.5. The fourth-order valence-corrected chi connectivity index (χ4v) is 5.12. The van der Waals surface area contributed by atoms with Crippen LogP contribution in [0.25, 0.3) is 6.08 Å². The molecule has 44 heavy (non-hydrogen) atoms. The molecule has 4 rings (SSSR count). The highest BCUT2D eigenvalue weighted by atomic mass is 16.6. The van der Waals surface area contributed by atoms with Crippen LogP contribution in [0.5, 0.6) is 0 Å². The van der Waals surface area contributed by atoms with E-state index in [0.717, 1.165) is 16.7 Å². The first-order valence-corrected chi connectivity index (χ1v) is 15.0. The number of rotatable bonds is 10. The Morgan fingerprint density at radius 2 is 1.23 bits per heavy atom. The Bertz CT molecular complexity index is 1450. The molecular formula is C37H43N3O4. The quantitative estimate of drug-likeness (QED) is 0.0880. The lowest BCUT2D eigenvalue weighted by atomic mass is 9.77. The van der Waals surface area contributed by atoms with Crippen molar-refractivity contribution in [2.75, 3.05) is 6.54 Å². The van der Waals surface area contributed by atoms with Gasteiger partial charge in [-0.15, -0.1) is 0 Å². The Hall–Kier alpha value is -4.65. The summed E-state index contributed by atoms with van der Waals surface area (Å²) >= 11 is 0. The van der Waals surface area contributed by atoms with E-state index in [0.29, 0.717) is 30.7 Å². The van der Waals surface area contributed by atoms with Gasteiger partial charge in [-0.1, -0.05) is 91.0 Å². The molecule has 3 aromatic carbocycles. The molecule has 1 N–H and O–H groups in total. The average Bonchev–Trinajstić information content (AvgIpc) is 3.43. The third kappa shape index (κ3) is 8.25. The fraction of sp³-hybridized carbons (Fsp3) is 0.324. The number of carbonyl (C=O) groups is 2. The molecule has 0 spiro atoms. The van der Waals surface area contributed by atoms with Crippen molar-refractivity contribution in [1.82, 2.24) is 14.9 Å². The van der Waals surface area contributed by atoms with E-state index in [4.69, 9.17) is 14.5 Å². The number of imidazole rings is 1. The van der Waals surface area contributed by atoms with Gasteiger partial charge in [0.25, 0.3) is 0 Å². The van der Waals surface area contributed by atoms with Crippen molar-refractivity contribution in [2.24, 2.45) is 0 Å². The molecule has 1 amide bonds. The highest BCUT2D eigenvalue weighted by Gasteiger charge is 2.38. The number of hydrogen-bond acceptors (Lipinski definition) is 5. The number of benzene rings is 3. The molecule has 0 bridgehead atoms. The van der Waals surface area contributed by atoms with Gasteiger partial charge in [-0.3, -0.25) is 0 Å². The molecule has 0 aliphatic rings. The van der Waals surface area contributed by atoms with Crippen LogP contribution < -0.4 is 5.32 Å². The standard InChI is InChI=1S/C37H43N3O4/c1-35(2,3)43-33(41)28(17-16-24-38-34(42)44-36(4,5)6)25-32-26-40(27-39-32)37(29-18-10-7-11-19-29,30-20-12-8-13-21-30)31-22-14-9-15-23-31/h7-15,18-23,25-27H,16-17,24H2,1-6H3,(H,38,42)/b28-25+. The molecule has 7 heteroatoms. The van der Waals surface area contributed by atoms with Crippen LogP contribution in [-0.2, 0) is 19.8 Å². The molecule has 0 atom stereocenters. The number of esters is 1. The Kier molecular flexibility index (Phi) is 10.1. The van der Waals surface area contributed by atoms with Gasteiger partial charge >= 0.3 is 12.1 Å². The van der Waals surface area contributed by atoms with Crippen LogP contribution >= 0.6 is 0 Å². The molecule has 0 unspecified atom stereocenters. The molecular weight excluding hydrogens is 550 g/mol. The largest absolute Gasteiger partial charge is 0.457 e. The Balaban J connectivity index is 1.73. The number of aromatic nitrogens is 2. The van der Waals surface area contributed by atoms with Crippen molar-refractivity contribution in [3.8, 4) is 0 Å². The van der Waals surface area contributed by atoms with Crippen LogP contribution in [0.2, 0.25) is 0 Å². The zero-order chi connectivity index (χ0) is 31.8. The SMILES string of the molecule is CC(C)(C)OC(=O)NCCC/C(=C\c1cn(C(c2ccccc2)(c2ccccc2)c2ccccc2)cn1)C(=O)OC(C)(C)C. The van der Waals surface area contributed by atoms with Crippen LogP contribution in [0.15, 0.2) is 109 Å². The van der Waals surface area contributed by atoms with Gasteiger partial charge < -0.3 is 19.4 Å². The van der Waals surface area contributed by atoms with E-state index in [1.54, 1.807) is 6.08 Å². The van der Waals surface area contributed by atoms with Gasteiger partial charge in [0.1, 0.15) is 16.7 Å². The first kappa shape index (κ1) is 32.3. The van der Waals surface area contributed by atoms with Crippen LogP contribution in [0.1, 0.15) is 76.8 Å². The van der Waals surface area contributed by atoms with E-state index < -0.39 is 28.8 Å². The summed E-state index contributed by atoms with van der Waals surface area (Å²) in [6.07, 6.45) is 5.99. The molecule has 0 aliphatic heterocycles. The van der Waals surface area contributed by atoms with Gasteiger partial charge in [0, 0.05) is 18.3 Å². The predicted molar refractivity (Wildman–Crippen MR) is 174 cm³/mol. The van der Waals surface area contributed by atoms with E-state index in [2.05, 4.69) is 46.3 Å². The summed E-state index contributed by atoms with van der Waals surface area (Å²) in [5.74, 6) is -0.412. The van der Waals surface area contributed by atoms with Gasteiger partial charge in [-0.25, -0.2) is 14.6 Å². The number of alkyl carbamates (subject to hydrolysis) is 1. The normalized spacial score (nSPS) is 12.5. The second-order valence-corrected chi connectivity index (χ2v) is 12.7. The number of carbonyl (C=O) groups excluding carboxylic acids is 2. The number of nitrogens with zero attached hydrogens (tertiary/aromatic N) is 2. The van der Waals surface area contributed by atoms with E-state index in [-0.39, 0.29) is 0 Å². The highest BCUT2D eigenvalue weighted by molar-refractivity contribution is 5.93. The maximum atomic E-state index is 13.3. The maximum Gasteiger partial charge on any atom is 0.407 e. The summed E-state index contributed by atoms with van der Waals surface area (Å²) in [7, 11) is 0. The zero-order valence-electron chi connectivity index (χ0n) is 26.5. The molecule has 4 aromatic rings. The molecule has 230 valence electrons. The third-order valence-corrected chi connectivity index (χ3v) is 6.84.